The van der Waals surface area contributed by atoms with E-state index in [1.165, 1.54) is 0 Å². The highest BCUT2D eigenvalue weighted by molar-refractivity contribution is 5.98. The van der Waals surface area contributed by atoms with Crippen molar-refractivity contribution in [3.63, 3.8) is 0 Å². The molecule has 3 aromatic rings. The van der Waals surface area contributed by atoms with Crippen molar-refractivity contribution in [2.45, 2.75) is 50.7 Å². The lowest BCUT2D eigenvalue weighted by atomic mass is 9.84. The second kappa shape index (κ2) is 8.37. The number of fused-ring (bicyclic) bond motifs is 1. The largest absolute Gasteiger partial charge is 0.461 e. The summed E-state index contributed by atoms with van der Waals surface area (Å²) in [7, 11) is 0. The Morgan fingerprint density at radius 3 is 2.77 bits per heavy atom. The molecule has 0 bridgehead atoms. The Labute approximate surface area is 180 Å². The number of benzene rings is 1. The topological polar surface area (TPSA) is 104 Å². The average Bonchev–Trinajstić information content (AvgIpc) is 3.56. The number of aromatic amines is 1. The van der Waals surface area contributed by atoms with Gasteiger partial charge in [0.15, 0.2) is 5.76 Å². The van der Waals surface area contributed by atoms with E-state index in [1.807, 2.05) is 35.2 Å². The molecule has 1 aromatic carbocycles. The summed E-state index contributed by atoms with van der Waals surface area (Å²) in [5.41, 5.74) is 0.629. The van der Waals surface area contributed by atoms with Crippen LogP contribution in [0.3, 0.4) is 0 Å². The van der Waals surface area contributed by atoms with Gasteiger partial charge >= 0.3 is 0 Å². The summed E-state index contributed by atoms with van der Waals surface area (Å²) in [6, 6.07) is 12.5. The number of aromatic nitrogens is 3. The van der Waals surface area contributed by atoms with Gasteiger partial charge in [0.1, 0.15) is 11.9 Å². The molecule has 2 N–H and O–H groups in total. The molecule has 2 aromatic heterocycles. The van der Waals surface area contributed by atoms with Crippen molar-refractivity contribution >= 4 is 11.8 Å². The first-order valence-corrected chi connectivity index (χ1v) is 10.8. The molecule has 2 aliphatic rings. The minimum Gasteiger partial charge on any atom is -0.461 e. The van der Waals surface area contributed by atoms with Crippen LogP contribution in [0.4, 0.5) is 0 Å². The predicted octanol–water partition coefficient (Wildman–Crippen LogP) is 3.15. The maximum absolute atomic E-state index is 13.3. The van der Waals surface area contributed by atoms with E-state index in [2.05, 4.69) is 20.5 Å². The third-order valence-corrected chi connectivity index (χ3v) is 6.35. The number of nitrogens with zero attached hydrogens (tertiary/aromatic N) is 3. The second-order valence-electron chi connectivity index (χ2n) is 8.24. The molecule has 1 aliphatic heterocycles. The number of carbonyl (C=O) groups excluding carboxylic acids is 2. The Bertz CT molecular complexity index is 1050. The Kier molecular flexibility index (Phi) is 5.28. The van der Waals surface area contributed by atoms with Crippen LogP contribution >= 0.6 is 0 Å². The van der Waals surface area contributed by atoms with Gasteiger partial charge in [-0.05, 0) is 49.4 Å². The van der Waals surface area contributed by atoms with Gasteiger partial charge in [-0.15, -0.1) is 5.10 Å². The highest BCUT2D eigenvalue weighted by Crippen LogP contribution is 2.40. The lowest BCUT2D eigenvalue weighted by Crippen LogP contribution is -2.49. The normalized spacial score (nSPS) is 22.8. The van der Waals surface area contributed by atoms with Crippen LogP contribution in [0.1, 0.15) is 48.3 Å². The van der Waals surface area contributed by atoms with Gasteiger partial charge in [0, 0.05) is 11.6 Å². The molecule has 8 nitrogen and oxygen atoms in total. The maximum atomic E-state index is 13.3. The summed E-state index contributed by atoms with van der Waals surface area (Å²) in [4.78, 5) is 32.7. The van der Waals surface area contributed by atoms with Crippen LogP contribution in [0.5, 0.6) is 0 Å². The van der Waals surface area contributed by atoms with Crippen LogP contribution in [0.15, 0.2) is 53.1 Å². The molecule has 3 unspecified atom stereocenters. The fourth-order valence-corrected chi connectivity index (χ4v) is 4.90. The Morgan fingerprint density at radius 1 is 1.13 bits per heavy atom. The second-order valence-corrected chi connectivity index (χ2v) is 8.24. The van der Waals surface area contributed by atoms with E-state index in [9.17, 15) is 9.59 Å². The molecule has 3 atom stereocenters. The van der Waals surface area contributed by atoms with Crippen molar-refractivity contribution in [3.8, 4) is 11.6 Å². The number of H-pyrrole nitrogens is 1. The fourth-order valence-electron chi connectivity index (χ4n) is 4.90. The van der Waals surface area contributed by atoms with Gasteiger partial charge in [-0.2, -0.15) is 0 Å². The first kappa shape index (κ1) is 19.5. The third kappa shape index (κ3) is 3.85. The molecule has 1 saturated carbocycles. The number of likely N-dealkylation sites (tertiary alicyclic amines) is 1. The van der Waals surface area contributed by atoms with Crippen molar-refractivity contribution in [1.82, 2.24) is 25.4 Å². The van der Waals surface area contributed by atoms with E-state index in [1.54, 1.807) is 18.4 Å². The highest BCUT2D eigenvalue weighted by Gasteiger charge is 2.47. The van der Waals surface area contributed by atoms with Crippen molar-refractivity contribution in [2.75, 3.05) is 0 Å². The van der Waals surface area contributed by atoms with Crippen LogP contribution in [0.25, 0.3) is 11.6 Å². The van der Waals surface area contributed by atoms with Gasteiger partial charge < -0.3 is 14.6 Å². The minimum atomic E-state index is -0.465. The van der Waals surface area contributed by atoms with Gasteiger partial charge in [0.25, 0.3) is 5.91 Å². The first-order chi connectivity index (χ1) is 15.2. The number of furan rings is 1. The number of rotatable bonds is 5. The summed E-state index contributed by atoms with van der Waals surface area (Å²) in [5, 5.41) is 9.91. The molecule has 31 heavy (non-hydrogen) atoms. The standard InChI is InChI=1S/C23H25N5O3/c29-22(24-14-20-25-21(27-26-20)19-11-6-12-31-19)18-13-16-9-4-5-10-17(16)28(18)23(30)15-7-2-1-3-8-15/h1-3,6-8,11-12,16-18H,4-5,9-10,13-14H2,(H,24,29)(H,25,26,27). The zero-order valence-corrected chi connectivity index (χ0v) is 17.2. The minimum absolute atomic E-state index is 0.0603. The van der Waals surface area contributed by atoms with E-state index >= 15 is 0 Å². The predicted molar refractivity (Wildman–Crippen MR) is 113 cm³/mol. The van der Waals surface area contributed by atoms with Crippen LogP contribution in [-0.2, 0) is 11.3 Å². The Balaban J connectivity index is 1.31. The monoisotopic (exact) mass is 419 g/mol. The molecule has 2 amide bonds. The smallest absolute Gasteiger partial charge is 0.254 e. The number of amides is 2. The molecular formula is C23H25N5O3. The van der Waals surface area contributed by atoms with E-state index in [0.717, 1.165) is 25.7 Å². The molecule has 2 fully saturated rings. The molecule has 5 rings (SSSR count). The fraction of sp³-hybridized carbons (Fsp3) is 0.391. The summed E-state index contributed by atoms with van der Waals surface area (Å²) in [5.74, 6) is 1.73. The molecule has 160 valence electrons. The molecule has 0 spiro atoms. The van der Waals surface area contributed by atoms with Gasteiger partial charge in [0.05, 0.1) is 12.8 Å². The average molecular weight is 419 g/mol. The van der Waals surface area contributed by atoms with Crippen LogP contribution in [-0.4, -0.2) is 44.0 Å². The van der Waals surface area contributed by atoms with E-state index in [4.69, 9.17) is 4.42 Å². The number of nitrogens with one attached hydrogen (secondary N) is 2. The molecular weight excluding hydrogens is 394 g/mol. The first-order valence-electron chi connectivity index (χ1n) is 10.8. The molecule has 3 heterocycles. The lowest BCUT2D eigenvalue weighted by Gasteiger charge is -2.33. The quantitative estimate of drug-likeness (QED) is 0.661. The van der Waals surface area contributed by atoms with E-state index < -0.39 is 6.04 Å². The van der Waals surface area contributed by atoms with Gasteiger partial charge in [0.2, 0.25) is 11.7 Å². The summed E-state index contributed by atoms with van der Waals surface area (Å²) in [6.45, 7) is 0.214. The lowest BCUT2D eigenvalue weighted by molar-refractivity contribution is -0.125. The molecule has 1 saturated heterocycles. The molecule has 1 aliphatic carbocycles. The third-order valence-electron chi connectivity index (χ3n) is 6.35. The van der Waals surface area contributed by atoms with E-state index in [-0.39, 0.29) is 24.4 Å². The molecule has 0 radical (unpaired) electrons. The van der Waals surface area contributed by atoms with Crippen LogP contribution < -0.4 is 5.32 Å². The van der Waals surface area contributed by atoms with Crippen molar-refractivity contribution in [2.24, 2.45) is 5.92 Å². The number of hydrogen-bond acceptors (Lipinski definition) is 5. The van der Waals surface area contributed by atoms with Gasteiger partial charge in [-0.1, -0.05) is 31.0 Å². The zero-order chi connectivity index (χ0) is 21.2. The summed E-state index contributed by atoms with van der Waals surface area (Å²) < 4.78 is 5.30. The SMILES string of the molecule is O=C(NCc1nc(-c2ccco2)n[nH]1)C1CC2CCCCC2N1C(=O)c1ccccc1. The summed E-state index contributed by atoms with van der Waals surface area (Å²) in [6.07, 6.45) is 6.57. The van der Waals surface area contributed by atoms with Gasteiger partial charge in [-0.3, -0.25) is 14.7 Å². The van der Waals surface area contributed by atoms with Crippen molar-refractivity contribution in [3.05, 3.63) is 60.1 Å². The van der Waals surface area contributed by atoms with E-state index in [0.29, 0.717) is 35.3 Å². The highest BCUT2D eigenvalue weighted by atomic mass is 16.3. The van der Waals surface area contributed by atoms with Gasteiger partial charge in [-0.25, -0.2) is 4.98 Å². The van der Waals surface area contributed by atoms with Crippen molar-refractivity contribution in [1.29, 1.82) is 0 Å². The number of carbonyl (C=O) groups is 2. The number of hydrogen-bond donors (Lipinski definition) is 2. The van der Waals surface area contributed by atoms with Crippen LogP contribution in [0.2, 0.25) is 0 Å². The molecule has 8 heteroatoms. The summed E-state index contributed by atoms with van der Waals surface area (Å²) >= 11 is 0. The zero-order valence-electron chi connectivity index (χ0n) is 17.2. The van der Waals surface area contributed by atoms with Crippen LogP contribution in [0, 0.1) is 5.92 Å². The Hall–Kier alpha value is -3.42. The van der Waals surface area contributed by atoms with Crippen molar-refractivity contribution < 1.29 is 14.0 Å². The maximum Gasteiger partial charge on any atom is 0.254 e. The Morgan fingerprint density at radius 2 is 1.97 bits per heavy atom.